The lowest BCUT2D eigenvalue weighted by molar-refractivity contribution is 0.258. The van der Waals surface area contributed by atoms with E-state index in [2.05, 4.69) is 9.97 Å². The molecule has 0 fully saturated rings. The van der Waals surface area contributed by atoms with Crippen molar-refractivity contribution in [2.24, 2.45) is 0 Å². The Morgan fingerprint density at radius 3 is 1.77 bits per heavy atom. The minimum atomic E-state index is 0.271. The third-order valence-corrected chi connectivity index (χ3v) is 3.68. The van der Waals surface area contributed by atoms with Crippen LogP contribution in [0.1, 0.15) is 11.1 Å². The van der Waals surface area contributed by atoms with Crippen molar-refractivity contribution in [3.8, 4) is 23.4 Å². The van der Waals surface area contributed by atoms with Crippen LogP contribution in [-0.4, -0.2) is 24.2 Å². The molecule has 0 radical (unpaired) electrons. The molecule has 134 valence electrons. The molecular weight excluding hydrogens is 332 g/mol. The van der Waals surface area contributed by atoms with Gasteiger partial charge in [-0.25, -0.2) is 4.98 Å². The molecule has 0 bridgehead atoms. The van der Waals surface area contributed by atoms with Gasteiger partial charge < -0.3 is 18.9 Å². The second-order valence-electron chi connectivity index (χ2n) is 5.45. The van der Waals surface area contributed by atoms with E-state index < -0.39 is 0 Å². The lowest BCUT2D eigenvalue weighted by Gasteiger charge is -2.08. The number of ether oxygens (including phenoxy) is 4. The molecule has 0 saturated heterocycles. The molecule has 1 heterocycles. The quantitative estimate of drug-likeness (QED) is 0.617. The second kappa shape index (κ2) is 8.71. The highest BCUT2D eigenvalue weighted by atomic mass is 16.5. The zero-order chi connectivity index (χ0) is 18.2. The summed E-state index contributed by atoms with van der Waals surface area (Å²) in [5.74, 6) is 2.07. The fraction of sp³-hybridized carbons (Fsp3) is 0.200. The summed E-state index contributed by atoms with van der Waals surface area (Å²) in [6, 6.07) is 17.3. The van der Waals surface area contributed by atoms with Crippen LogP contribution < -0.4 is 18.9 Å². The van der Waals surface area contributed by atoms with Crippen LogP contribution in [0.15, 0.2) is 60.8 Å². The maximum absolute atomic E-state index is 5.70. The van der Waals surface area contributed by atoms with Crippen molar-refractivity contribution in [1.82, 2.24) is 9.97 Å². The molecule has 0 aliphatic heterocycles. The van der Waals surface area contributed by atoms with Gasteiger partial charge in [0.2, 0.25) is 5.88 Å². The Bertz CT molecular complexity index is 753. The molecule has 3 aromatic rings. The first kappa shape index (κ1) is 17.5. The van der Waals surface area contributed by atoms with Gasteiger partial charge in [-0.1, -0.05) is 24.3 Å². The van der Waals surface area contributed by atoms with Crippen molar-refractivity contribution < 1.29 is 18.9 Å². The number of benzene rings is 2. The van der Waals surface area contributed by atoms with Crippen LogP contribution in [0.2, 0.25) is 0 Å². The van der Waals surface area contributed by atoms with E-state index in [-0.39, 0.29) is 6.01 Å². The maximum atomic E-state index is 5.70. The number of aromatic nitrogens is 2. The highest BCUT2D eigenvalue weighted by molar-refractivity contribution is 5.28. The van der Waals surface area contributed by atoms with Crippen LogP contribution in [0.5, 0.6) is 23.4 Å². The lowest BCUT2D eigenvalue weighted by atomic mass is 10.2. The molecule has 1 aromatic heterocycles. The molecule has 0 atom stereocenters. The number of nitrogens with zero attached hydrogens (tertiary/aromatic N) is 2. The van der Waals surface area contributed by atoms with E-state index in [1.807, 2.05) is 48.5 Å². The third kappa shape index (κ3) is 4.86. The van der Waals surface area contributed by atoms with Gasteiger partial charge >= 0.3 is 6.01 Å². The van der Waals surface area contributed by atoms with Gasteiger partial charge in [-0.2, -0.15) is 4.98 Å². The van der Waals surface area contributed by atoms with E-state index in [9.17, 15) is 0 Å². The van der Waals surface area contributed by atoms with Gasteiger partial charge in [0, 0.05) is 12.3 Å². The first-order valence-electron chi connectivity index (χ1n) is 8.11. The van der Waals surface area contributed by atoms with E-state index in [1.165, 1.54) is 0 Å². The van der Waals surface area contributed by atoms with Gasteiger partial charge in [0.05, 0.1) is 14.2 Å². The van der Waals surface area contributed by atoms with Crippen molar-refractivity contribution in [2.75, 3.05) is 14.2 Å². The molecule has 0 unspecified atom stereocenters. The largest absolute Gasteiger partial charge is 0.497 e. The van der Waals surface area contributed by atoms with Crippen molar-refractivity contribution in [2.45, 2.75) is 13.2 Å². The van der Waals surface area contributed by atoms with E-state index >= 15 is 0 Å². The minimum Gasteiger partial charge on any atom is -0.497 e. The summed E-state index contributed by atoms with van der Waals surface area (Å²) in [6.45, 7) is 0.769. The van der Waals surface area contributed by atoms with Gasteiger partial charge in [-0.15, -0.1) is 0 Å². The van der Waals surface area contributed by atoms with Gasteiger partial charge in [-0.3, -0.25) is 0 Å². The van der Waals surface area contributed by atoms with Gasteiger partial charge in [0.25, 0.3) is 0 Å². The highest BCUT2D eigenvalue weighted by Gasteiger charge is 2.04. The smallest absolute Gasteiger partial charge is 0.320 e. The molecule has 2 aromatic carbocycles. The zero-order valence-electron chi connectivity index (χ0n) is 14.7. The van der Waals surface area contributed by atoms with Crippen molar-refractivity contribution in [3.05, 3.63) is 71.9 Å². The Labute approximate surface area is 152 Å². The molecular formula is C20H20N2O4. The predicted molar refractivity (Wildman–Crippen MR) is 96.7 cm³/mol. The summed E-state index contributed by atoms with van der Waals surface area (Å²) < 4.78 is 21.6. The van der Waals surface area contributed by atoms with Gasteiger partial charge in [0.1, 0.15) is 24.7 Å². The molecule has 3 rings (SSSR count). The topological polar surface area (TPSA) is 62.7 Å². The highest BCUT2D eigenvalue weighted by Crippen LogP contribution is 2.17. The van der Waals surface area contributed by atoms with E-state index in [4.69, 9.17) is 18.9 Å². The van der Waals surface area contributed by atoms with Crippen LogP contribution in [0, 0.1) is 0 Å². The first-order chi connectivity index (χ1) is 12.8. The van der Waals surface area contributed by atoms with Crippen LogP contribution >= 0.6 is 0 Å². The maximum Gasteiger partial charge on any atom is 0.320 e. The fourth-order valence-corrected chi connectivity index (χ4v) is 2.22. The van der Waals surface area contributed by atoms with Crippen molar-refractivity contribution in [3.63, 3.8) is 0 Å². The molecule has 6 nitrogen and oxygen atoms in total. The predicted octanol–water partition coefficient (Wildman–Crippen LogP) is 3.65. The molecule has 0 amide bonds. The molecule has 0 aliphatic carbocycles. The number of rotatable bonds is 8. The van der Waals surface area contributed by atoms with E-state index in [1.54, 1.807) is 26.5 Å². The zero-order valence-corrected chi connectivity index (χ0v) is 14.7. The monoisotopic (exact) mass is 352 g/mol. The van der Waals surface area contributed by atoms with Crippen LogP contribution in [-0.2, 0) is 13.2 Å². The van der Waals surface area contributed by atoms with Crippen molar-refractivity contribution >= 4 is 0 Å². The molecule has 0 spiro atoms. The summed E-state index contributed by atoms with van der Waals surface area (Å²) in [4.78, 5) is 8.38. The Hall–Kier alpha value is -3.28. The average Bonchev–Trinajstić information content (AvgIpc) is 2.72. The van der Waals surface area contributed by atoms with Gasteiger partial charge in [-0.05, 0) is 35.4 Å². The summed E-state index contributed by atoms with van der Waals surface area (Å²) >= 11 is 0. The fourth-order valence-electron chi connectivity index (χ4n) is 2.22. The van der Waals surface area contributed by atoms with Crippen LogP contribution in [0.3, 0.4) is 0 Å². The molecule has 0 N–H and O–H groups in total. The van der Waals surface area contributed by atoms with Gasteiger partial charge in [0.15, 0.2) is 0 Å². The summed E-state index contributed by atoms with van der Waals surface area (Å²) in [7, 11) is 3.27. The molecule has 0 aliphatic rings. The first-order valence-corrected chi connectivity index (χ1v) is 8.11. The van der Waals surface area contributed by atoms with Crippen LogP contribution in [0.4, 0.5) is 0 Å². The number of hydrogen-bond donors (Lipinski definition) is 0. The SMILES string of the molecule is COc1ccc(COc2ccnc(OCc3ccc(OC)cc3)n2)cc1. The molecule has 0 saturated carbocycles. The van der Waals surface area contributed by atoms with E-state index in [0.29, 0.717) is 19.1 Å². The van der Waals surface area contributed by atoms with Crippen LogP contribution in [0.25, 0.3) is 0 Å². The molecule has 6 heteroatoms. The third-order valence-electron chi connectivity index (χ3n) is 3.68. The normalized spacial score (nSPS) is 10.2. The average molecular weight is 352 g/mol. The summed E-state index contributed by atoms with van der Waals surface area (Å²) in [5.41, 5.74) is 2.02. The Morgan fingerprint density at radius 2 is 1.23 bits per heavy atom. The summed E-state index contributed by atoms with van der Waals surface area (Å²) in [6.07, 6.45) is 1.61. The Morgan fingerprint density at radius 1 is 0.692 bits per heavy atom. The Kier molecular flexibility index (Phi) is 5.88. The number of hydrogen-bond acceptors (Lipinski definition) is 6. The number of methoxy groups -OCH3 is 2. The second-order valence-corrected chi connectivity index (χ2v) is 5.45. The lowest BCUT2D eigenvalue weighted by Crippen LogP contribution is -2.02. The molecule has 26 heavy (non-hydrogen) atoms. The van der Waals surface area contributed by atoms with E-state index in [0.717, 1.165) is 22.6 Å². The Balaban J connectivity index is 1.55. The standard InChI is InChI=1S/C20H20N2O4/c1-23-17-7-3-15(4-8-17)13-25-19-11-12-21-20(22-19)26-14-16-5-9-18(24-2)10-6-16/h3-12H,13-14H2,1-2H3. The minimum absolute atomic E-state index is 0.271. The van der Waals surface area contributed by atoms with Crippen molar-refractivity contribution in [1.29, 1.82) is 0 Å². The summed E-state index contributed by atoms with van der Waals surface area (Å²) in [5, 5.41) is 0.